The van der Waals surface area contributed by atoms with Crippen molar-refractivity contribution in [3.8, 4) is 0 Å². The van der Waals surface area contributed by atoms with E-state index in [1.807, 2.05) is 24.1 Å². The van der Waals surface area contributed by atoms with E-state index < -0.39 is 0 Å². The molecule has 1 aromatic heterocycles. The van der Waals surface area contributed by atoms with Crippen molar-refractivity contribution in [1.82, 2.24) is 9.78 Å². The number of hydrogen-bond donors (Lipinski definition) is 1. The number of nitrogens with zero attached hydrogens (tertiary/aromatic N) is 2. The zero-order valence-electron chi connectivity index (χ0n) is 9.81. The Labute approximate surface area is 115 Å². The van der Waals surface area contributed by atoms with Gasteiger partial charge in [-0.1, -0.05) is 12.1 Å². The van der Waals surface area contributed by atoms with Crippen molar-refractivity contribution in [3.63, 3.8) is 0 Å². The van der Waals surface area contributed by atoms with Crippen molar-refractivity contribution in [1.29, 1.82) is 0 Å². The second kappa shape index (κ2) is 5.64. The Kier molecular flexibility index (Phi) is 4.17. The maximum atomic E-state index is 6.19. The summed E-state index contributed by atoms with van der Waals surface area (Å²) in [7, 11) is 1.93. The Morgan fingerprint density at radius 1 is 1.47 bits per heavy atom. The molecule has 0 aliphatic heterocycles. The highest BCUT2D eigenvalue weighted by molar-refractivity contribution is 14.1. The number of halogens is 1. The topological polar surface area (TPSA) is 43.8 Å². The van der Waals surface area contributed by atoms with Crippen LogP contribution in [-0.4, -0.2) is 9.78 Å². The van der Waals surface area contributed by atoms with Gasteiger partial charge in [0.2, 0.25) is 0 Å². The van der Waals surface area contributed by atoms with Crippen LogP contribution in [0.15, 0.2) is 36.7 Å². The predicted octanol–water partition coefficient (Wildman–Crippen LogP) is 2.66. The molecule has 90 valence electrons. The van der Waals surface area contributed by atoms with Gasteiger partial charge in [0.05, 0.1) is 6.20 Å². The Balaban J connectivity index is 1.95. The first-order valence-corrected chi connectivity index (χ1v) is 6.71. The Hall–Kier alpha value is -0.880. The second-order valence-electron chi connectivity index (χ2n) is 4.22. The molecule has 0 radical (unpaired) electrons. The first-order valence-electron chi connectivity index (χ1n) is 5.64. The summed E-state index contributed by atoms with van der Waals surface area (Å²) in [5, 5.41) is 4.16. The minimum absolute atomic E-state index is 0.102. The average Bonchev–Trinajstić information content (AvgIpc) is 2.72. The average molecular weight is 341 g/mol. The fourth-order valence-electron chi connectivity index (χ4n) is 1.83. The molecule has 1 atom stereocenters. The monoisotopic (exact) mass is 341 g/mol. The molecule has 0 fully saturated rings. The third-order valence-corrected chi connectivity index (χ3v) is 3.45. The largest absolute Gasteiger partial charge is 0.324 e. The van der Waals surface area contributed by atoms with Crippen LogP contribution >= 0.6 is 22.6 Å². The maximum Gasteiger partial charge on any atom is 0.0521 e. The van der Waals surface area contributed by atoms with Gasteiger partial charge in [0.25, 0.3) is 0 Å². The molecule has 0 amide bonds. The number of benzene rings is 1. The molecule has 1 unspecified atom stereocenters. The van der Waals surface area contributed by atoms with Crippen LogP contribution in [0.3, 0.4) is 0 Å². The van der Waals surface area contributed by atoms with Crippen molar-refractivity contribution in [2.75, 3.05) is 0 Å². The first-order chi connectivity index (χ1) is 8.15. The minimum Gasteiger partial charge on any atom is -0.324 e. The van der Waals surface area contributed by atoms with E-state index in [1.165, 1.54) is 14.7 Å². The summed E-state index contributed by atoms with van der Waals surface area (Å²) in [6.07, 6.45) is 5.87. The smallest absolute Gasteiger partial charge is 0.0521 e. The molecule has 0 saturated heterocycles. The molecule has 2 N–H and O–H groups in total. The molecular formula is C13H16IN3. The Morgan fingerprint density at radius 3 is 2.94 bits per heavy atom. The van der Waals surface area contributed by atoms with Crippen LogP contribution in [0.5, 0.6) is 0 Å². The summed E-state index contributed by atoms with van der Waals surface area (Å²) in [4.78, 5) is 0. The summed E-state index contributed by atoms with van der Waals surface area (Å²) in [6.45, 7) is 0. The quantitative estimate of drug-likeness (QED) is 0.869. The molecule has 2 rings (SSSR count). The highest BCUT2D eigenvalue weighted by Crippen LogP contribution is 2.18. The lowest BCUT2D eigenvalue weighted by Gasteiger charge is -2.11. The summed E-state index contributed by atoms with van der Waals surface area (Å²) in [5.74, 6) is 0. The Bertz CT molecular complexity index is 493. The van der Waals surface area contributed by atoms with E-state index in [1.54, 1.807) is 0 Å². The van der Waals surface area contributed by atoms with E-state index >= 15 is 0 Å². The van der Waals surface area contributed by atoms with Crippen LogP contribution in [0.2, 0.25) is 0 Å². The fraction of sp³-hybridized carbons (Fsp3) is 0.308. The van der Waals surface area contributed by atoms with Gasteiger partial charge >= 0.3 is 0 Å². The zero-order chi connectivity index (χ0) is 12.3. The van der Waals surface area contributed by atoms with Gasteiger partial charge in [0.15, 0.2) is 0 Å². The van der Waals surface area contributed by atoms with E-state index in [4.69, 9.17) is 5.73 Å². The van der Waals surface area contributed by atoms with Crippen LogP contribution in [0.1, 0.15) is 23.6 Å². The number of aryl methyl sites for hydroxylation is 2. The fourth-order valence-corrected chi connectivity index (χ4v) is 2.39. The molecular weight excluding hydrogens is 325 g/mol. The lowest BCUT2D eigenvalue weighted by Crippen LogP contribution is -2.11. The zero-order valence-corrected chi connectivity index (χ0v) is 12.0. The van der Waals surface area contributed by atoms with E-state index in [-0.39, 0.29) is 6.04 Å². The van der Waals surface area contributed by atoms with Crippen LogP contribution in [0, 0.1) is 3.57 Å². The number of nitrogens with two attached hydrogens (primary N) is 1. The summed E-state index contributed by atoms with van der Waals surface area (Å²) < 4.78 is 3.06. The molecule has 4 heteroatoms. The van der Waals surface area contributed by atoms with Gasteiger partial charge in [-0.3, -0.25) is 4.68 Å². The minimum atomic E-state index is 0.102. The summed E-state index contributed by atoms with van der Waals surface area (Å²) in [6, 6.07) is 8.48. The van der Waals surface area contributed by atoms with Crippen LogP contribution in [-0.2, 0) is 13.5 Å². The normalized spacial score (nSPS) is 12.6. The molecule has 0 saturated carbocycles. The number of aromatic nitrogens is 2. The number of hydrogen-bond acceptors (Lipinski definition) is 2. The highest BCUT2D eigenvalue weighted by Gasteiger charge is 2.07. The van der Waals surface area contributed by atoms with Gasteiger partial charge in [-0.05, 0) is 58.7 Å². The van der Waals surface area contributed by atoms with Crippen molar-refractivity contribution in [2.45, 2.75) is 18.9 Å². The molecule has 0 bridgehead atoms. The Morgan fingerprint density at radius 2 is 2.29 bits per heavy atom. The molecule has 17 heavy (non-hydrogen) atoms. The molecule has 0 spiro atoms. The molecule has 3 nitrogen and oxygen atoms in total. The van der Waals surface area contributed by atoms with Crippen molar-refractivity contribution >= 4 is 22.6 Å². The van der Waals surface area contributed by atoms with Gasteiger partial charge in [-0.15, -0.1) is 0 Å². The van der Waals surface area contributed by atoms with Crippen molar-refractivity contribution in [2.24, 2.45) is 12.8 Å². The van der Waals surface area contributed by atoms with Crippen LogP contribution in [0.4, 0.5) is 0 Å². The SMILES string of the molecule is Cn1cc(CCC(N)c2cccc(I)c2)cn1. The van der Waals surface area contributed by atoms with Gasteiger partial charge in [-0.25, -0.2) is 0 Å². The molecule has 2 aromatic rings. The standard InChI is InChI=1S/C13H16IN3/c1-17-9-10(8-16-17)5-6-13(15)11-3-2-4-12(14)7-11/h2-4,7-9,13H,5-6,15H2,1H3. The maximum absolute atomic E-state index is 6.19. The van der Waals surface area contributed by atoms with Gasteiger partial charge < -0.3 is 5.73 Å². The van der Waals surface area contributed by atoms with Crippen LogP contribution in [0.25, 0.3) is 0 Å². The van der Waals surface area contributed by atoms with E-state index in [9.17, 15) is 0 Å². The van der Waals surface area contributed by atoms with E-state index in [0.717, 1.165) is 12.8 Å². The lowest BCUT2D eigenvalue weighted by atomic mass is 10.0. The molecule has 1 heterocycles. The highest BCUT2D eigenvalue weighted by atomic mass is 127. The number of rotatable bonds is 4. The van der Waals surface area contributed by atoms with Gasteiger partial charge in [-0.2, -0.15) is 5.10 Å². The first kappa shape index (κ1) is 12.6. The molecule has 1 aromatic carbocycles. The molecule has 0 aliphatic rings. The lowest BCUT2D eigenvalue weighted by molar-refractivity contribution is 0.650. The third-order valence-electron chi connectivity index (χ3n) is 2.78. The van der Waals surface area contributed by atoms with Crippen LogP contribution < -0.4 is 5.73 Å². The van der Waals surface area contributed by atoms with E-state index in [2.05, 4.69) is 52.0 Å². The van der Waals surface area contributed by atoms with Crippen molar-refractivity contribution in [3.05, 3.63) is 51.4 Å². The second-order valence-corrected chi connectivity index (χ2v) is 5.47. The summed E-state index contributed by atoms with van der Waals surface area (Å²) >= 11 is 2.31. The van der Waals surface area contributed by atoms with Gasteiger partial charge in [0, 0.05) is 22.9 Å². The molecule has 0 aliphatic carbocycles. The predicted molar refractivity (Wildman–Crippen MR) is 77.6 cm³/mol. The third kappa shape index (κ3) is 3.54. The van der Waals surface area contributed by atoms with E-state index in [0.29, 0.717) is 0 Å². The van der Waals surface area contributed by atoms with Gasteiger partial charge in [0.1, 0.15) is 0 Å². The summed E-state index contributed by atoms with van der Waals surface area (Å²) in [5.41, 5.74) is 8.64. The van der Waals surface area contributed by atoms with Crippen molar-refractivity contribution < 1.29 is 0 Å².